The molecule has 0 unspecified atom stereocenters. The number of rotatable bonds is 7. The summed E-state index contributed by atoms with van der Waals surface area (Å²) < 4.78 is 15.8. The Morgan fingerprint density at radius 3 is 2.62 bits per heavy atom. The molecule has 136 valence electrons. The minimum atomic E-state index is -0.412. The minimum absolute atomic E-state index is 0.0200. The number of fused-ring (bicyclic) bond motifs is 1. The third kappa shape index (κ3) is 4.75. The summed E-state index contributed by atoms with van der Waals surface area (Å²) in [6.07, 6.45) is 1.77. The first-order valence-corrected chi connectivity index (χ1v) is 8.48. The Morgan fingerprint density at radius 1 is 1.08 bits per heavy atom. The number of amides is 1. The maximum Gasteiger partial charge on any atom is 0.344 e. The molecule has 0 aliphatic carbocycles. The van der Waals surface area contributed by atoms with Crippen LogP contribution in [0.2, 0.25) is 0 Å². The lowest BCUT2D eigenvalue weighted by atomic mass is 10.0. The van der Waals surface area contributed by atoms with Crippen LogP contribution in [0.15, 0.2) is 42.5 Å². The normalized spacial score (nSPS) is 12.7. The number of ether oxygens (including phenoxy) is 3. The van der Waals surface area contributed by atoms with Crippen LogP contribution in [0.5, 0.6) is 11.5 Å². The van der Waals surface area contributed by atoms with Gasteiger partial charge >= 0.3 is 5.97 Å². The van der Waals surface area contributed by atoms with E-state index in [-0.39, 0.29) is 12.5 Å². The number of methoxy groups -OCH3 is 1. The molecule has 0 aromatic heterocycles. The summed E-state index contributed by atoms with van der Waals surface area (Å²) in [5.74, 6) is 0.993. The number of nitrogens with one attached hydrogen (secondary N) is 1. The molecule has 0 spiro atoms. The fourth-order valence-electron chi connectivity index (χ4n) is 2.71. The molecule has 0 bridgehead atoms. The average molecular weight is 355 g/mol. The Balaban J connectivity index is 1.42. The second-order valence-corrected chi connectivity index (χ2v) is 5.97. The van der Waals surface area contributed by atoms with Crippen molar-refractivity contribution in [2.75, 3.05) is 25.6 Å². The topological polar surface area (TPSA) is 73.9 Å². The van der Waals surface area contributed by atoms with Crippen molar-refractivity contribution >= 4 is 17.6 Å². The summed E-state index contributed by atoms with van der Waals surface area (Å²) in [5, 5.41) is 2.81. The number of carbonyl (C=O) groups excluding carboxylic acids is 2. The summed E-state index contributed by atoms with van der Waals surface area (Å²) in [4.78, 5) is 23.2. The number of carbonyl (C=O) groups is 2. The van der Waals surface area contributed by atoms with E-state index in [0.717, 1.165) is 22.6 Å². The van der Waals surface area contributed by atoms with E-state index in [9.17, 15) is 9.59 Å². The second-order valence-electron chi connectivity index (χ2n) is 5.97. The maximum atomic E-state index is 11.8. The van der Waals surface area contributed by atoms with Gasteiger partial charge in [-0.2, -0.15) is 0 Å². The van der Waals surface area contributed by atoms with E-state index in [1.807, 2.05) is 30.3 Å². The van der Waals surface area contributed by atoms with Gasteiger partial charge in [-0.1, -0.05) is 12.1 Å². The van der Waals surface area contributed by atoms with Crippen LogP contribution in [0.4, 0.5) is 5.69 Å². The molecule has 0 saturated carbocycles. The van der Waals surface area contributed by atoms with Crippen LogP contribution in [-0.4, -0.2) is 32.2 Å². The van der Waals surface area contributed by atoms with Gasteiger partial charge in [0.2, 0.25) is 5.91 Å². The highest BCUT2D eigenvalue weighted by atomic mass is 16.6. The molecule has 1 amide bonds. The fourth-order valence-corrected chi connectivity index (χ4v) is 2.71. The molecule has 1 heterocycles. The van der Waals surface area contributed by atoms with Gasteiger partial charge in [0, 0.05) is 18.5 Å². The largest absolute Gasteiger partial charge is 0.497 e. The lowest BCUT2D eigenvalue weighted by molar-refractivity contribution is -0.145. The van der Waals surface area contributed by atoms with Gasteiger partial charge in [0.05, 0.1) is 13.7 Å². The standard InChI is InChI=1S/C20H21NO5/c1-24-16-5-2-14(3-6-16)10-11-25-20(23)13-26-17-7-8-18-15(12-17)4-9-19(22)21-18/h2-3,5-8,12H,4,9-11,13H2,1H3,(H,21,22). The second kappa shape index (κ2) is 8.38. The molecule has 1 N–H and O–H groups in total. The van der Waals surface area contributed by atoms with Gasteiger partial charge in [-0.25, -0.2) is 4.79 Å². The van der Waals surface area contributed by atoms with E-state index in [1.165, 1.54) is 0 Å². The van der Waals surface area contributed by atoms with Crippen molar-refractivity contribution in [2.24, 2.45) is 0 Å². The highest BCUT2D eigenvalue weighted by Gasteiger charge is 2.15. The van der Waals surface area contributed by atoms with Gasteiger partial charge in [0.1, 0.15) is 11.5 Å². The predicted molar refractivity (Wildman–Crippen MR) is 96.5 cm³/mol. The van der Waals surface area contributed by atoms with Gasteiger partial charge in [-0.15, -0.1) is 0 Å². The van der Waals surface area contributed by atoms with Crippen LogP contribution in [0, 0.1) is 0 Å². The van der Waals surface area contributed by atoms with Crippen LogP contribution in [0.3, 0.4) is 0 Å². The van der Waals surface area contributed by atoms with E-state index in [1.54, 1.807) is 19.2 Å². The van der Waals surface area contributed by atoms with Crippen molar-refractivity contribution in [1.29, 1.82) is 0 Å². The van der Waals surface area contributed by atoms with Gasteiger partial charge in [-0.3, -0.25) is 4.79 Å². The molecule has 0 fully saturated rings. The van der Waals surface area contributed by atoms with Crippen molar-refractivity contribution in [3.8, 4) is 11.5 Å². The number of anilines is 1. The molecule has 0 radical (unpaired) electrons. The zero-order valence-electron chi connectivity index (χ0n) is 14.6. The van der Waals surface area contributed by atoms with Crippen molar-refractivity contribution in [3.63, 3.8) is 0 Å². The molecule has 0 atom stereocenters. The number of hydrogen-bond acceptors (Lipinski definition) is 5. The van der Waals surface area contributed by atoms with Crippen molar-refractivity contribution in [2.45, 2.75) is 19.3 Å². The van der Waals surface area contributed by atoms with E-state index < -0.39 is 5.97 Å². The Labute approximate surface area is 152 Å². The molecule has 6 heteroatoms. The highest BCUT2D eigenvalue weighted by molar-refractivity contribution is 5.94. The van der Waals surface area contributed by atoms with E-state index in [2.05, 4.69) is 5.32 Å². The fraction of sp³-hybridized carbons (Fsp3) is 0.300. The summed E-state index contributed by atoms with van der Waals surface area (Å²) in [6, 6.07) is 13.0. The van der Waals surface area contributed by atoms with Crippen molar-refractivity contribution in [3.05, 3.63) is 53.6 Å². The molecule has 2 aromatic rings. The van der Waals surface area contributed by atoms with E-state index in [0.29, 0.717) is 31.6 Å². The lowest BCUT2D eigenvalue weighted by Gasteiger charge is -2.17. The third-order valence-electron chi connectivity index (χ3n) is 4.14. The van der Waals surface area contributed by atoms with Crippen LogP contribution in [0.1, 0.15) is 17.5 Å². The molecular weight excluding hydrogens is 334 g/mol. The summed E-state index contributed by atoms with van der Waals surface area (Å²) in [5.41, 5.74) is 2.88. The van der Waals surface area contributed by atoms with Gasteiger partial charge in [0.15, 0.2) is 6.61 Å². The number of aryl methyl sites for hydroxylation is 1. The number of esters is 1. The quantitative estimate of drug-likeness (QED) is 0.773. The van der Waals surface area contributed by atoms with Gasteiger partial charge in [-0.05, 0) is 47.9 Å². The zero-order valence-corrected chi connectivity index (χ0v) is 14.6. The first-order valence-electron chi connectivity index (χ1n) is 8.48. The van der Waals surface area contributed by atoms with Crippen LogP contribution in [0.25, 0.3) is 0 Å². The minimum Gasteiger partial charge on any atom is -0.497 e. The zero-order chi connectivity index (χ0) is 18.4. The molecule has 6 nitrogen and oxygen atoms in total. The summed E-state index contributed by atoms with van der Waals surface area (Å²) >= 11 is 0. The molecule has 0 saturated heterocycles. The first kappa shape index (κ1) is 17.8. The van der Waals surface area contributed by atoms with Crippen molar-refractivity contribution in [1.82, 2.24) is 0 Å². The van der Waals surface area contributed by atoms with Crippen molar-refractivity contribution < 1.29 is 23.8 Å². The van der Waals surface area contributed by atoms with Crippen LogP contribution in [-0.2, 0) is 27.2 Å². The van der Waals surface area contributed by atoms with Gasteiger partial charge in [0.25, 0.3) is 0 Å². The molecular formula is C20H21NO5. The van der Waals surface area contributed by atoms with E-state index in [4.69, 9.17) is 14.2 Å². The molecule has 1 aliphatic heterocycles. The maximum absolute atomic E-state index is 11.8. The highest BCUT2D eigenvalue weighted by Crippen LogP contribution is 2.26. The molecule has 3 rings (SSSR count). The Bertz CT molecular complexity index is 785. The Morgan fingerprint density at radius 2 is 1.85 bits per heavy atom. The summed E-state index contributed by atoms with van der Waals surface area (Å²) in [7, 11) is 1.62. The number of hydrogen-bond donors (Lipinski definition) is 1. The third-order valence-corrected chi connectivity index (χ3v) is 4.14. The molecule has 1 aliphatic rings. The predicted octanol–water partition coefficient (Wildman–Crippen LogP) is 2.74. The first-order chi connectivity index (χ1) is 12.6. The Hall–Kier alpha value is -3.02. The SMILES string of the molecule is COc1ccc(CCOC(=O)COc2ccc3c(c2)CCC(=O)N3)cc1. The van der Waals surface area contributed by atoms with Crippen LogP contribution < -0.4 is 14.8 Å². The van der Waals surface area contributed by atoms with Gasteiger partial charge < -0.3 is 19.5 Å². The average Bonchev–Trinajstić information content (AvgIpc) is 2.67. The van der Waals surface area contributed by atoms with Crippen LogP contribution >= 0.6 is 0 Å². The van der Waals surface area contributed by atoms with E-state index >= 15 is 0 Å². The monoisotopic (exact) mass is 355 g/mol. The Kier molecular flexibility index (Phi) is 5.73. The summed E-state index contributed by atoms with van der Waals surface area (Å²) in [6.45, 7) is 0.151. The smallest absolute Gasteiger partial charge is 0.344 e. The number of benzene rings is 2. The molecule has 26 heavy (non-hydrogen) atoms. The lowest BCUT2D eigenvalue weighted by Crippen LogP contribution is -2.19. The molecule has 2 aromatic carbocycles.